The van der Waals surface area contributed by atoms with E-state index in [2.05, 4.69) is 5.32 Å². The molecule has 10 heavy (non-hydrogen) atoms. The highest BCUT2D eigenvalue weighted by Crippen LogP contribution is 2.28. The van der Waals surface area contributed by atoms with E-state index in [0.29, 0.717) is 5.92 Å². The number of hydrogen-bond donors (Lipinski definition) is 1. The largest absolute Gasteiger partial charge is 0.308 e. The van der Waals surface area contributed by atoms with Crippen LogP contribution in [0.15, 0.2) is 0 Å². The van der Waals surface area contributed by atoms with E-state index in [1.807, 2.05) is 13.8 Å². The van der Waals surface area contributed by atoms with Gasteiger partial charge in [-0.15, -0.1) is 0 Å². The van der Waals surface area contributed by atoms with Gasteiger partial charge in [0.2, 0.25) is 0 Å². The van der Waals surface area contributed by atoms with Gasteiger partial charge in [0.1, 0.15) is 0 Å². The minimum atomic E-state index is -2.46. The Balaban J connectivity index is 2.43. The summed E-state index contributed by atoms with van der Waals surface area (Å²) in [5.41, 5.74) is 0. The van der Waals surface area contributed by atoms with E-state index in [9.17, 15) is 8.78 Å². The lowest BCUT2D eigenvalue weighted by atomic mass is 10.0. The van der Waals surface area contributed by atoms with Gasteiger partial charge in [0, 0.05) is 12.5 Å². The molecular weight excluding hydrogens is 136 g/mol. The van der Waals surface area contributed by atoms with Gasteiger partial charge in [-0.3, -0.25) is 0 Å². The van der Waals surface area contributed by atoms with Crippen molar-refractivity contribution < 1.29 is 8.78 Å². The molecule has 1 nitrogen and oxygen atoms in total. The molecule has 0 aromatic heterocycles. The average Bonchev–Trinajstić information content (AvgIpc) is 2.10. The summed E-state index contributed by atoms with van der Waals surface area (Å²) in [6.07, 6.45) is 0.00463. The van der Waals surface area contributed by atoms with Crippen LogP contribution in [0.1, 0.15) is 20.3 Å². The second-order valence-corrected chi connectivity index (χ2v) is 3.29. The zero-order valence-corrected chi connectivity index (χ0v) is 6.32. The van der Waals surface area contributed by atoms with Gasteiger partial charge < -0.3 is 5.32 Å². The Morgan fingerprint density at radius 1 is 1.50 bits per heavy atom. The quantitative estimate of drug-likeness (QED) is 0.597. The molecule has 1 aliphatic heterocycles. The van der Waals surface area contributed by atoms with Crippen LogP contribution in [0, 0.1) is 5.92 Å². The lowest BCUT2D eigenvalue weighted by molar-refractivity contribution is 0.0197. The Kier molecular flexibility index (Phi) is 1.95. The zero-order valence-electron chi connectivity index (χ0n) is 6.32. The highest BCUT2D eigenvalue weighted by molar-refractivity contribution is 4.88. The summed E-state index contributed by atoms with van der Waals surface area (Å²) < 4.78 is 25.0. The van der Waals surface area contributed by atoms with Crippen LogP contribution in [-0.2, 0) is 0 Å². The first-order valence-corrected chi connectivity index (χ1v) is 3.62. The average molecular weight is 149 g/mol. The summed E-state index contributed by atoms with van der Waals surface area (Å²) in [6.45, 7) is 3.77. The summed E-state index contributed by atoms with van der Waals surface area (Å²) in [5.74, 6) is -2.15. The molecule has 0 aliphatic carbocycles. The van der Waals surface area contributed by atoms with Gasteiger partial charge in [-0.05, 0) is 5.92 Å². The SMILES string of the molecule is CC(C)C1CC(F)(F)CN1. The molecule has 1 atom stereocenters. The van der Waals surface area contributed by atoms with Gasteiger partial charge in [0.05, 0.1) is 6.54 Å². The molecule has 3 heteroatoms. The van der Waals surface area contributed by atoms with Crippen LogP contribution in [0.5, 0.6) is 0 Å². The van der Waals surface area contributed by atoms with Crippen LogP contribution in [0.3, 0.4) is 0 Å². The van der Waals surface area contributed by atoms with Crippen molar-refractivity contribution in [3.63, 3.8) is 0 Å². The summed E-state index contributed by atoms with van der Waals surface area (Å²) in [7, 11) is 0. The smallest absolute Gasteiger partial charge is 0.261 e. The first kappa shape index (κ1) is 7.92. The lowest BCUT2D eigenvalue weighted by Crippen LogP contribution is -2.26. The third-order valence-electron chi connectivity index (χ3n) is 1.95. The fourth-order valence-electron chi connectivity index (χ4n) is 1.22. The number of halogens is 2. The molecule has 0 aromatic rings. The van der Waals surface area contributed by atoms with Gasteiger partial charge in [0.25, 0.3) is 5.92 Å². The van der Waals surface area contributed by atoms with Gasteiger partial charge in [-0.25, -0.2) is 8.78 Å². The minimum Gasteiger partial charge on any atom is -0.308 e. The van der Waals surface area contributed by atoms with Crippen molar-refractivity contribution in [1.29, 1.82) is 0 Å². The van der Waals surface area contributed by atoms with Crippen molar-refractivity contribution >= 4 is 0 Å². The fourth-order valence-corrected chi connectivity index (χ4v) is 1.22. The predicted molar refractivity (Wildman–Crippen MR) is 36.2 cm³/mol. The topological polar surface area (TPSA) is 12.0 Å². The lowest BCUT2D eigenvalue weighted by Gasteiger charge is -2.13. The van der Waals surface area contributed by atoms with Gasteiger partial charge in [0.15, 0.2) is 0 Å². The van der Waals surface area contributed by atoms with E-state index in [-0.39, 0.29) is 19.0 Å². The molecule has 0 amide bonds. The Morgan fingerprint density at radius 3 is 2.30 bits per heavy atom. The molecule has 60 valence electrons. The molecule has 0 aromatic carbocycles. The Labute approximate surface area is 59.8 Å². The van der Waals surface area contributed by atoms with E-state index in [4.69, 9.17) is 0 Å². The normalized spacial score (nSPS) is 31.5. The fraction of sp³-hybridized carbons (Fsp3) is 1.00. The van der Waals surface area contributed by atoms with Crippen LogP contribution in [-0.4, -0.2) is 18.5 Å². The Morgan fingerprint density at radius 2 is 2.10 bits per heavy atom. The highest BCUT2D eigenvalue weighted by atomic mass is 19.3. The van der Waals surface area contributed by atoms with Gasteiger partial charge in [-0.1, -0.05) is 13.8 Å². The zero-order chi connectivity index (χ0) is 7.78. The van der Waals surface area contributed by atoms with E-state index < -0.39 is 5.92 Å². The molecule has 1 rings (SSSR count). The van der Waals surface area contributed by atoms with Gasteiger partial charge in [-0.2, -0.15) is 0 Å². The van der Waals surface area contributed by atoms with Crippen molar-refractivity contribution in [1.82, 2.24) is 5.32 Å². The molecule has 1 unspecified atom stereocenters. The summed E-state index contributed by atoms with van der Waals surface area (Å²) in [4.78, 5) is 0. The monoisotopic (exact) mass is 149 g/mol. The van der Waals surface area contributed by atoms with E-state index >= 15 is 0 Å². The number of alkyl halides is 2. The third kappa shape index (κ3) is 1.66. The first-order chi connectivity index (χ1) is 4.51. The molecule has 0 radical (unpaired) electrons. The van der Waals surface area contributed by atoms with Crippen LogP contribution < -0.4 is 5.32 Å². The molecule has 1 N–H and O–H groups in total. The summed E-state index contributed by atoms with van der Waals surface area (Å²) in [5, 5.41) is 2.80. The number of hydrogen-bond acceptors (Lipinski definition) is 1. The first-order valence-electron chi connectivity index (χ1n) is 3.62. The third-order valence-corrected chi connectivity index (χ3v) is 1.95. The minimum absolute atomic E-state index is 0.00463. The Hall–Kier alpha value is -0.180. The summed E-state index contributed by atoms with van der Waals surface area (Å²) >= 11 is 0. The molecule has 0 bridgehead atoms. The molecule has 1 fully saturated rings. The molecule has 0 spiro atoms. The maximum atomic E-state index is 12.5. The van der Waals surface area contributed by atoms with Crippen molar-refractivity contribution in [3.05, 3.63) is 0 Å². The molecule has 0 saturated carbocycles. The van der Waals surface area contributed by atoms with Crippen molar-refractivity contribution in [2.24, 2.45) is 5.92 Å². The summed E-state index contributed by atoms with van der Waals surface area (Å²) in [6, 6.07) is 0.00926. The van der Waals surface area contributed by atoms with Crippen LogP contribution >= 0.6 is 0 Å². The van der Waals surface area contributed by atoms with Crippen LogP contribution in [0.25, 0.3) is 0 Å². The second kappa shape index (κ2) is 2.46. The standard InChI is InChI=1S/C7H13F2N/c1-5(2)6-3-7(8,9)4-10-6/h5-6,10H,3-4H2,1-2H3. The Bertz CT molecular complexity index is 123. The van der Waals surface area contributed by atoms with Crippen molar-refractivity contribution in [2.75, 3.05) is 6.54 Å². The van der Waals surface area contributed by atoms with Crippen molar-refractivity contribution in [3.8, 4) is 0 Å². The van der Waals surface area contributed by atoms with Crippen LogP contribution in [0.2, 0.25) is 0 Å². The molecule has 1 aliphatic rings. The maximum absolute atomic E-state index is 12.5. The molecule has 1 heterocycles. The van der Waals surface area contributed by atoms with E-state index in [1.165, 1.54) is 0 Å². The highest BCUT2D eigenvalue weighted by Gasteiger charge is 2.39. The van der Waals surface area contributed by atoms with E-state index in [0.717, 1.165) is 0 Å². The van der Waals surface area contributed by atoms with Crippen molar-refractivity contribution in [2.45, 2.75) is 32.2 Å². The maximum Gasteiger partial charge on any atom is 0.261 e. The number of nitrogens with one attached hydrogen (secondary N) is 1. The van der Waals surface area contributed by atoms with Gasteiger partial charge >= 0.3 is 0 Å². The predicted octanol–water partition coefficient (Wildman–Crippen LogP) is 1.64. The molecule has 1 saturated heterocycles. The number of rotatable bonds is 1. The second-order valence-electron chi connectivity index (χ2n) is 3.29. The molecular formula is C7H13F2N. The van der Waals surface area contributed by atoms with E-state index in [1.54, 1.807) is 0 Å². The van der Waals surface area contributed by atoms with Crippen LogP contribution in [0.4, 0.5) is 8.78 Å².